The highest BCUT2D eigenvalue weighted by molar-refractivity contribution is 5.82. The van der Waals surface area contributed by atoms with Gasteiger partial charge in [-0.2, -0.15) is 0 Å². The molecule has 2 aliphatic heterocycles. The van der Waals surface area contributed by atoms with Crippen LogP contribution in [0.3, 0.4) is 0 Å². The molecule has 2 saturated carbocycles. The second-order valence-corrected chi connectivity index (χ2v) is 7.13. The maximum Gasteiger partial charge on any atom is 0.241 e. The Hall–Kier alpha value is -1.47. The van der Waals surface area contributed by atoms with E-state index in [4.69, 9.17) is 0 Å². The number of carbonyl (C=O) groups excluding carboxylic acids is 1. The van der Waals surface area contributed by atoms with E-state index in [0.717, 1.165) is 31.2 Å². The van der Waals surface area contributed by atoms with Gasteiger partial charge >= 0.3 is 0 Å². The predicted molar refractivity (Wildman–Crippen MR) is 78.6 cm³/mol. The molecular weight excluding hydrogens is 280 g/mol. The number of carbonyl (C=O) groups is 1. The van der Waals surface area contributed by atoms with E-state index in [0.29, 0.717) is 24.4 Å². The maximum absolute atomic E-state index is 12.9. The minimum atomic E-state index is -0.0649. The molecule has 2 aliphatic carbocycles. The molecule has 7 heteroatoms. The van der Waals surface area contributed by atoms with Gasteiger partial charge in [-0.05, 0) is 25.7 Å². The molecule has 0 radical (unpaired) electrons. The van der Waals surface area contributed by atoms with E-state index in [2.05, 4.69) is 25.6 Å². The van der Waals surface area contributed by atoms with Gasteiger partial charge in [0, 0.05) is 31.0 Å². The fraction of sp³-hybridized carbons (Fsp3) is 0.800. The van der Waals surface area contributed by atoms with E-state index in [1.54, 1.807) is 0 Å². The highest BCUT2D eigenvalue weighted by Gasteiger charge is 2.44. The van der Waals surface area contributed by atoms with Crippen LogP contribution in [0.15, 0.2) is 0 Å². The molecule has 3 fully saturated rings. The molecule has 4 aliphatic rings. The molecule has 7 nitrogen and oxygen atoms in total. The Morgan fingerprint density at radius 2 is 2.00 bits per heavy atom. The molecular formula is C15H22N6O. The SMILES string of the molecule is O=C(C1NNC2CCCC21)N1CCn2c(nnc2C2CC2)C1. The summed E-state index contributed by atoms with van der Waals surface area (Å²) >= 11 is 0. The molecule has 0 aromatic carbocycles. The van der Waals surface area contributed by atoms with Crippen LogP contribution in [0.1, 0.15) is 49.7 Å². The first-order valence-electron chi connectivity index (χ1n) is 8.53. The predicted octanol–water partition coefficient (Wildman–Crippen LogP) is 0.143. The number of fused-ring (bicyclic) bond motifs is 2. The molecule has 1 saturated heterocycles. The van der Waals surface area contributed by atoms with Gasteiger partial charge in [-0.3, -0.25) is 10.2 Å². The monoisotopic (exact) mass is 302 g/mol. The molecule has 1 aromatic heterocycles. The van der Waals surface area contributed by atoms with Crippen molar-refractivity contribution in [2.45, 2.75) is 63.2 Å². The van der Waals surface area contributed by atoms with Gasteiger partial charge in [-0.25, -0.2) is 5.43 Å². The Kier molecular flexibility index (Phi) is 2.82. The second-order valence-electron chi connectivity index (χ2n) is 7.13. The van der Waals surface area contributed by atoms with Crippen LogP contribution in [0.4, 0.5) is 0 Å². The van der Waals surface area contributed by atoms with Crippen molar-refractivity contribution in [1.29, 1.82) is 0 Å². The van der Waals surface area contributed by atoms with Crippen molar-refractivity contribution >= 4 is 5.91 Å². The number of hydrazine groups is 1. The standard InChI is InChI=1S/C15H22N6O/c22-15(13-10-2-1-3-11(10)16-18-13)20-6-7-21-12(8-20)17-19-14(21)9-4-5-9/h9-11,13,16,18H,1-8H2. The van der Waals surface area contributed by atoms with Gasteiger partial charge < -0.3 is 9.47 Å². The average Bonchev–Trinajstić information content (AvgIpc) is 2.98. The smallest absolute Gasteiger partial charge is 0.241 e. The van der Waals surface area contributed by atoms with Crippen molar-refractivity contribution in [3.63, 3.8) is 0 Å². The van der Waals surface area contributed by atoms with Gasteiger partial charge in [0.15, 0.2) is 5.82 Å². The van der Waals surface area contributed by atoms with E-state index in [1.807, 2.05) is 4.90 Å². The fourth-order valence-electron chi connectivity index (χ4n) is 4.32. The van der Waals surface area contributed by atoms with Crippen LogP contribution in [0.5, 0.6) is 0 Å². The van der Waals surface area contributed by atoms with Crippen molar-refractivity contribution in [2.75, 3.05) is 6.54 Å². The first-order chi connectivity index (χ1) is 10.8. The first kappa shape index (κ1) is 13.0. The largest absolute Gasteiger partial charge is 0.332 e. The Labute approximate surface area is 129 Å². The quantitative estimate of drug-likeness (QED) is 0.813. The molecule has 118 valence electrons. The molecule has 0 bridgehead atoms. The van der Waals surface area contributed by atoms with Crippen LogP contribution in [0.2, 0.25) is 0 Å². The number of hydrogen-bond donors (Lipinski definition) is 2. The highest BCUT2D eigenvalue weighted by Crippen LogP contribution is 2.39. The highest BCUT2D eigenvalue weighted by atomic mass is 16.2. The summed E-state index contributed by atoms with van der Waals surface area (Å²) < 4.78 is 2.24. The van der Waals surface area contributed by atoms with Gasteiger partial charge in [0.25, 0.3) is 0 Å². The lowest BCUT2D eigenvalue weighted by Gasteiger charge is -2.31. The lowest BCUT2D eigenvalue weighted by molar-refractivity contribution is -0.135. The van der Waals surface area contributed by atoms with E-state index in [-0.39, 0.29) is 11.9 Å². The van der Waals surface area contributed by atoms with Crippen LogP contribution in [-0.2, 0) is 17.9 Å². The molecule has 0 spiro atoms. The van der Waals surface area contributed by atoms with Gasteiger partial charge in [0.1, 0.15) is 11.9 Å². The summed E-state index contributed by atoms with van der Waals surface area (Å²) in [6, 6.07) is 0.411. The van der Waals surface area contributed by atoms with Gasteiger partial charge in [-0.15, -0.1) is 10.2 Å². The average molecular weight is 302 g/mol. The summed E-state index contributed by atoms with van der Waals surface area (Å²) in [7, 11) is 0. The number of amides is 1. The van der Waals surface area contributed by atoms with E-state index < -0.39 is 0 Å². The molecule has 2 N–H and O–H groups in total. The Morgan fingerprint density at radius 1 is 1.09 bits per heavy atom. The molecule has 5 rings (SSSR count). The number of hydrogen-bond acceptors (Lipinski definition) is 5. The van der Waals surface area contributed by atoms with Crippen molar-refractivity contribution in [2.24, 2.45) is 5.92 Å². The third kappa shape index (κ3) is 1.91. The third-order valence-corrected chi connectivity index (χ3v) is 5.72. The lowest BCUT2D eigenvalue weighted by Crippen LogP contribution is -2.50. The molecule has 3 unspecified atom stereocenters. The molecule has 3 atom stereocenters. The maximum atomic E-state index is 12.9. The summed E-state index contributed by atoms with van der Waals surface area (Å²) in [4.78, 5) is 14.8. The van der Waals surface area contributed by atoms with E-state index in [9.17, 15) is 4.79 Å². The van der Waals surface area contributed by atoms with Crippen molar-refractivity contribution in [1.82, 2.24) is 30.5 Å². The van der Waals surface area contributed by atoms with Gasteiger partial charge in [0.05, 0.1) is 6.54 Å². The van der Waals surface area contributed by atoms with Crippen molar-refractivity contribution in [3.8, 4) is 0 Å². The summed E-state index contributed by atoms with van der Waals surface area (Å²) in [5, 5.41) is 8.68. The summed E-state index contributed by atoms with van der Waals surface area (Å²) in [6.45, 7) is 2.22. The molecule has 22 heavy (non-hydrogen) atoms. The van der Waals surface area contributed by atoms with Crippen LogP contribution >= 0.6 is 0 Å². The molecule has 1 aromatic rings. The number of aromatic nitrogens is 3. The number of nitrogens with one attached hydrogen (secondary N) is 2. The summed E-state index contributed by atoms with van der Waals surface area (Å²) in [5.41, 5.74) is 6.53. The first-order valence-corrected chi connectivity index (χ1v) is 8.53. The molecule has 3 heterocycles. The van der Waals surface area contributed by atoms with Crippen LogP contribution in [0, 0.1) is 5.92 Å². The van der Waals surface area contributed by atoms with Crippen LogP contribution in [0.25, 0.3) is 0 Å². The van der Waals surface area contributed by atoms with E-state index >= 15 is 0 Å². The normalized spacial score (nSPS) is 33.8. The Morgan fingerprint density at radius 3 is 2.86 bits per heavy atom. The summed E-state index contributed by atoms with van der Waals surface area (Å²) in [6.07, 6.45) is 6.04. The van der Waals surface area contributed by atoms with Crippen molar-refractivity contribution in [3.05, 3.63) is 11.6 Å². The zero-order valence-corrected chi connectivity index (χ0v) is 12.7. The van der Waals surface area contributed by atoms with Crippen LogP contribution < -0.4 is 10.9 Å². The minimum Gasteiger partial charge on any atom is -0.332 e. The van der Waals surface area contributed by atoms with Gasteiger partial charge in [-0.1, -0.05) is 6.42 Å². The lowest BCUT2D eigenvalue weighted by atomic mass is 9.96. The third-order valence-electron chi connectivity index (χ3n) is 5.72. The zero-order chi connectivity index (χ0) is 14.7. The second kappa shape index (κ2) is 4.76. The zero-order valence-electron chi connectivity index (χ0n) is 12.7. The Bertz CT molecular complexity index is 609. The topological polar surface area (TPSA) is 75.1 Å². The van der Waals surface area contributed by atoms with Gasteiger partial charge in [0.2, 0.25) is 5.91 Å². The minimum absolute atomic E-state index is 0.0649. The summed E-state index contributed by atoms with van der Waals surface area (Å²) in [5.74, 6) is 3.39. The fourth-order valence-corrected chi connectivity index (χ4v) is 4.32. The van der Waals surface area contributed by atoms with Crippen molar-refractivity contribution < 1.29 is 4.79 Å². The molecule has 1 amide bonds. The Balaban J connectivity index is 1.33. The number of rotatable bonds is 2. The van der Waals surface area contributed by atoms with E-state index in [1.165, 1.54) is 25.7 Å². The number of nitrogens with zero attached hydrogens (tertiary/aromatic N) is 4. The van der Waals surface area contributed by atoms with Crippen LogP contribution in [-0.4, -0.2) is 44.2 Å².